The fourth-order valence-corrected chi connectivity index (χ4v) is 3.18. The fraction of sp³-hybridized carbons (Fsp3) is 0.105. The molecule has 0 radical (unpaired) electrons. The molecule has 0 unspecified atom stereocenters. The largest absolute Gasteiger partial charge is 0.360 e. The second kappa shape index (κ2) is 5.36. The number of nitrogens with one attached hydrogen (secondary N) is 1. The molecular weight excluding hydrogens is 311 g/mol. The van der Waals surface area contributed by atoms with Gasteiger partial charge in [-0.15, -0.1) is 0 Å². The number of aromatic nitrogens is 2. The number of pyridine rings is 1. The van der Waals surface area contributed by atoms with Gasteiger partial charge in [0.1, 0.15) is 5.82 Å². The predicted octanol–water partition coefficient (Wildman–Crippen LogP) is 5.74. The number of fused-ring (bicyclic) bond motifs is 2. The van der Waals surface area contributed by atoms with Crippen molar-refractivity contribution in [3.8, 4) is 11.3 Å². The molecule has 0 aliphatic heterocycles. The third-order valence-corrected chi connectivity index (χ3v) is 4.39. The van der Waals surface area contributed by atoms with Crippen LogP contribution in [0.4, 0.5) is 4.39 Å². The Labute approximate surface area is 137 Å². The lowest BCUT2D eigenvalue weighted by Crippen LogP contribution is -1.91. The summed E-state index contributed by atoms with van der Waals surface area (Å²) in [7, 11) is 0. The lowest BCUT2D eigenvalue weighted by Gasteiger charge is -2.08. The number of H-pyrrole nitrogens is 1. The lowest BCUT2D eigenvalue weighted by atomic mass is 10.0. The topological polar surface area (TPSA) is 28.7 Å². The Kier molecular flexibility index (Phi) is 3.31. The van der Waals surface area contributed by atoms with Crippen molar-refractivity contribution in [1.82, 2.24) is 9.97 Å². The molecule has 4 aromatic rings. The quantitative estimate of drug-likeness (QED) is 0.500. The van der Waals surface area contributed by atoms with Crippen molar-refractivity contribution < 1.29 is 4.39 Å². The van der Waals surface area contributed by atoms with E-state index in [0.29, 0.717) is 5.02 Å². The number of aromatic amines is 1. The monoisotopic (exact) mass is 324 g/mol. The van der Waals surface area contributed by atoms with E-state index in [2.05, 4.69) is 18.0 Å². The number of nitrogens with zero attached hydrogens (tertiary/aromatic N) is 1. The zero-order valence-electron chi connectivity index (χ0n) is 12.5. The molecule has 0 fully saturated rings. The first kappa shape index (κ1) is 14.2. The standard InChI is InChI=1S/C19H14ClFN2/c1-2-11-7-18(23-19-8-12(20)3-5-14(11)19)16-10-22-17-9-13(21)4-6-15(16)17/h3-10,22H,2H2,1H3. The molecule has 0 spiro atoms. The summed E-state index contributed by atoms with van der Waals surface area (Å²) in [5.41, 5.74) is 4.71. The molecule has 0 saturated carbocycles. The maximum Gasteiger partial charge on any atom is 0.125 e. The van der Waals surface area contributed by atoms with Gasteiger partial charge in [0.2, 0.25) is 0 Å². The second-order valence-corrected chi connectivity index (χ2v) is 6.01. The van der Waals surface area contributed by atoms with Gasteiger partial charge in [0.05, 0.1) is 11.2 Å². The van der Waals surface area contributed by atoms with Gasteiger partial charge in [0, 0.05) is 33.1 Å². The van der Waals surface area contributed by atoms with E-state index < -0.39 is 0 Å². The first-order valence-corrected chi connectivity index (χ1v) is 7.89. The maximum atomic E-state index is 13.4. The average molecular weight is 325 g/mol. The Hall–Kier alpha value is -2.39. The third-order valence-electron chi connectivity index (χ3n) is 4.16. The fourth-order valence-electron chi connectivity index (χ4n) is 3.01. The molecule has 23 heavy (non-hydrogen) atoms. The molecule has 4 heteroatoms. The molecule has 0 saturated heterocycles. The SMILES string of the molecule is CCc1cc(-c2c[nH]c3cc(F)ccc23)nc2cc(Cl)ccc12. The minimum Gasteiger partial charge on any atom is -0.360 e. The highest BCUT2D eigenvalue weighted by Gasteiger charge is 2.11. The van der Waals surface area contributed by atoms with Crippen LogP contribution in [-0.2, 0) is 6.42 Å². The van der Waals surface area contributed by atoms with Crippen molar-refractivity contribution in [2.24, 2.45) is 0 Å². The van der Waals surface area contributed by atoms with E-state index in [1.807, 2.05) is 24.4 Å². The molecular formula is C19H14ClFN2. The number of rotatable bonds is 2. The maximum absolute atomic E-state index is 13.4. The van der Waals surface area contributed by atoms with Gasteiger partial charge in [0.25, 0.3) is 0 Å². The summed E-state index contributed by atoms with van der Waals surface area (Å²) in [6, 6.07) is 12.6. The van der Waals surface area contributed by atoms with Crippen LogP contribution in [0.15, 0.2) is 48.7 Å². The molecule has 2 heterocycles. The van der Waals surface area contributed by atoms with Crippen LogP contribution in [0.1, 0.15) is 12.5 Å². The van der Waals surface area contributed by atoms with Gasteiger partial charge in [0.15, 0.2) is 0 Å². The zero-order valence-corrected chi connectivity index (χ0v) is 13.3. The summed E-state index contributed by atoms with van der Waals surface area (Å²) in [5, 5.41) is 2.75. The highest BCUT2D eigenvalue weighted by molar-refractivity contribution is 6.31. The van der Waals surface area contributed by atoms with Crippen molar-refractivity contribution in [3.63, 3.8) is 0 Å². The van der Waals surface area contributed by atoms with Crippen molar-refractivity contribution in [3.05, 3.63) is 65.1 Å². The summed E-state index contributed by atoms with van der Waals surface area (Å²) in [6.07, 6.45) is 2.78. The molecule has 0 aliphatic rings. The van der Waals surface area contributed by atoms with E-state index in [0.717, 1.165) is 39.5 Å². The third kappa shape index (κ3) is 2.37. The van der Waals surface area contributed by atoms with E-state index in [4.69, 9.17) is 16.6 Å². The van der Waals surface area contributed by atoms with Gasteiger partial charge in [-0.2, -0.15) is 0 Å². The average Bonchev–Trinajstić information content (AvgIpc) is 2.96. The van der Waals surface area contributed by atoms with Crippen molar-refractivity contribution in [2.45, 2.75) is 13.3 Å². The Bertz CT molecular complexity index is 1040. The van der Waals surface area contributed by atoms with Crippen LogP contribution >= 0.6 is 11.6 Å². The van der Waals surface area contributed by atoms with Gasteiger partial charge in [-0.1, -0.05) is 24.6 Å². The summed E-state index contributed by atoms with van der Waals surface area (Å²) in [6.45, 7) is 2.12. The summed E-state index contributed by atoms with van der Waals surface area (Å²) >= 11 is 6.12. The number of halogens is 2. The van der Waals surface area contributed by atoms with Crippen LogP contribution < -0.4 is 0 Å². The summed E-state index contributed by atoms with van der Waals surface area (Å²) < 4.78 is 13.4. The van der Waals surface area contributed by atoms with Crippen molar-refractivity contribution in [1.29, 1.82) is 0 Å². The molecule has 1 N–H and O–H groups in total. The van der Waals surface area contributed by atoms with Crippen molar-refractivity contribution >= 4 is 33.4 Å². The van der Waals surface area contributed by atoms with E-state index in [9.17, 15) is 4.39 Å². The Morgan fingerprint density at radius 3 is 2.74 bits per heavy atom. The van der Waals surface area contributed by atoms with Crippen LogP contribution in [0.25, 0.3) is 33.1 Å². The van der Waals surface area contributed by atoms with Gasteiger partial charge in [-0.25, -0.2) is 9.37 Å². The molecule has 2 aromatic heterocycles. The predicted molar refractivity (Wildman–Crippen MR) is 93.4 cm³/mol. The van der Waals surface area contributed by atoms with E-state index in [1.54, 1.807) is 6.07 Å². The highest BCUT2D eigenvalue weighted by atomic mass is 35.5. The number of aryl methyl sites for hydroxylation is 1. The normalized spacial score (nSPS) is 11.4. The minimum absolute atomic E-state index is 0.251. The van der Waals surface area contributed by atoms with E-state index >= 15 is 0 Å². The smallest absolute Gasteiger partial charge is 0.125 e. The van der Waals surface area contributed by atoms with E-state index in [-0.39, 0.29) is 5.82 Å². The summed E-state index contributed by atoms with van der Waals surface area (Å²) in [5.74, 6) is -0.251. The van der Waals surface area contributed by atoms with Crippen LogP contribution in [0.3, 0.4) is 0 Å². The number of hydrogen-bond acceptors (Lipinski definition) is 1. The zero-order chi connectivity index (χ0) is 16.0. The van der Waals surface area contributed by atoms with Crippen LogP contribution in [0.5, 0.6) is 0 Å². The lowest BCUT2D eigenvalue weighted by molar-refractivity contribution is 0.629. The van der Waals surface area contributed by atoms with Crippen LogP contribution in [-0.4, -0.2) is 9.97 Å². The van der Waals surface area contributed by atoms with E-state index in [1.165, 1.54) is 17.7 Å². The molecule has 0 amide bonds. The first-order valence-electron chi connectivity index (χ1n) is 7.52. The summed E-state index contributed by atoms with van der Waals surface area (Å²) in [4.78, 5) is 7.88. The van der Waals surface area contributed by atoms with Crippen LogP contribution in [0.2, 0.25) is 5.02 Å². The van der Waals surface area contributed by atoms with Gasteiger partial charge in [-0.3, -0.25) is 0 Å². The molecule has 0 atom stereocenters. The highest BCUT2D eigenvalue weighted by Crippen LogP contribution is 2.31. The Morgan fingerprint density at radius 2 is 1.91 bits per heavy atom. The minimum atomic E-state index is -0.251. The molecule has 0 bridgehead atoms. The first-order chi connectivity index (χ1) is 11.2. The van der Waals surface area contributed by atoms with Gasteiger partial charge < -0.3 is 4.98 Å². The van der Waals surface area contributed by atoms with Crippen molar-refractivity contribution in [2.75, 3.05) is 0 Å². The number of benzene rings is 2. The molecule has 0 aliphatic carbocycles. The molecule has 2 nitrogen and oxygen atoms in total. The number of hydrogen-bond donors (Lipinski definition) is 1. The molecule has 114 valence electrons. The van der Waals surface area contributed by atoms with Crippen LogP contribution in [0, 0.1) is 5.82 Å². The van der Waals surface area contributed by atoms with Gasteiger partial charge >= 0.3 is 0 Å². The molecule has 2 aromatic carbocycles. The Morgan fingerprint density at radius 1 is 1.09 bits per heavy atom. The molecule has 4 rings (SSSR count). The Balaban J connectivity index is 2.00. The second-order valence-electron chi connectivity index (χ2n) is 5.57. The van der Waals surface area contributed by atoms with Gasteiger partial charge in [-0.05, 0) is 48.4 Å².